The zero-order chi connectivity index (χ0) is 14.6. The molecule has 110 valence electrons. The lowest BCUT2D eigenvalue weighted by molar-refractivity contribution is -0.144. The molecule has 1 heterocycles. The number of rotatable bonds is 4. The van der Waals surface area contributed by atoms with Crippen LogP contribution >= 0.6 is 0 Å². The number of nitrogens with zero attached hydrogens (tertiary/aromatic N) is 1. The lowest BCUT2D eigenvalue weighted by atomic mass is 10.1. The molecule has 0 unspecified atom stereocenters. The Labute approximate surface area is 120 Å². The number of nitrogens with one attached hydrogen (secondary N) is 1. The Morgan fingerprint density at radius 2 is 1.85 bits per heavy atom. The highest BCUT2D eigenvalue weighted by atomic mass is 16.7. The summed E-state index contributed by atoms with van der Waals surface area (Å²) in [6, 6.07) is 6.20. The second kappa shape index (κ2) is 6.24. The van der Waals surface area contributed by atoms with E-state index in [1.807, 2.05) is 19.1 Å². The third-order valence-electron chi connectivity index (χ3n) is 3.24. The Morgan fingerprint density at radius 3 is 2.45 bits per heavy atom. The van der Waals surface area contributed by atoms with E-state index in [1.54, 1.807) is 0 Å². The van der Waals surface area contributed by atoms with Crippen LogP contribution in [0.5, 0.6) is 0 Å². The van der Waals surface area contributed by atoms with Gasteiger partial charge < -0.3 is 20.5 Å². The lowest BCUT2D eigenvalue weighted by Crippen LogP contribution is -2.28. The maximum absolute atomic E-state index is 5.89. The Morgan fingerprint density at radius 1 is 1.25 bits per heavy atom. The number of hydrogen-bond donors (Lipinski definition) is 2. The minimum atomic E-state index is -0.510. The largest absolute Gasteiger partial charge is 0.370 e. The molecule has 0 atom stereocenters. The van der Waals surface area contributed by atoms with E-state index in [2.05, 4.69) is 30.2 Å². The highest BCUT2D eigenvalue weighted by Crippen LogP contribution is 2.22. The number of hydrogen-bond acceptors (Lipinski definition) is 3. The molecule has 2 rings (SSSR count). The van der Waals surface area contributed by atoms with Gasteiger partial charge in [0.05, 0.1) is 13.2 Å². The van der Waals surface area contributed by atoms with Gasteiger partial charge in [0, 0.05) is 18.7 Å². The van der Waals surface area contributed by atoms with Crippen molar-refractivity contribution in [2.24, 2.45) is 10.7 Å². The molecule has 0 radical (unpaired) electrons. The molecule has 1 aliphatic heterocycles. The molecule has 20 heavy (non-hydrogen) atoms. The Bertz CT molecular complexity index is 474. The van der Waals surface area contributed by atoms with Crippen LogP contribution in [0.2, 0.25) is 0 Å². The van der Waals surface area contributed by atoms with Crippen LogP contribution in [0.4, 0.5) is 5.69 Å². The zero-order valence-electron chi connectivity index (χ0n) is 12.4. The molecule has 1 aromatic carbocycles. The first kappa shape index (κ1) is 14.8. The van der Waals surface area contributed by atoms with Gasteiger partial charge in [-0.1, -0.05) is 6.07 Å². The van der Waals surface area contributed by atoms with Gasteiger partial charge in [-0.25, -0.2) is 0 Å². The van der Waals surface area contributed by atoms with Crippen molar-refractivity contribution in [3.63, 3.8) is 0 Å². The maximum Gasteiger partial charge on any atom is 0.193 e. The van der Waals surface area contributed by atoms with Crippen molar-refractivity contribution >= 4 is 11.6 Å². The molecule has 1 saturated heterocycles. The summed E-state index contributed by atoms with van der Waals surface area (Å²) in [6.45, 7) is 7.92. The van der Waals surface area contributed by atoms with Crippen LogP contribution in [0.1, 0.15) is 24.5 Å². The average molecular weight is 277 g/mol. The fourth-order valence-corrected chi connectivity index (χ4v) is 2.31. The fourth-order valence-electron chi connectivity index (χ4n) is 2.31. The van der Waals surface area contributed by atoms with Gasteiger partial charge >= 0.3 is 0 Å². The first-order chi connectivity index (χ1) is 9.47. The van der Waals surface area contributed by atoms with Crippen molar-refractivity contribution in [1.29, 1.82) is 0 Å². The summed E-state index contributed by atoms with van der Waals surface area (Å²) < 4.78 is 11.0. The Hall–Kier alpha value is -1.59. The molecule has 0 spiro atoms. The molecule has 1 fully saturated rings. The zero-order valence-corrected chi connectivity index (χ0v) is 12.4. The van der Waals surface area contributed by atoms with Crippen molar-refractivity contribution in [2.45, 2.75) is 33.0 Å². The van der Waals surface area contributed by atoms with Crippen LogP contribution in [0.3, 0.4) is 0 Å². The van der Waals surface area contributed by atoms with Gasteiger partial charge in [0.25, 0.3) is 0 Å². The molecule has 0 amide bonds. The van der Waals surface area contributed by atoms with Crippen molar-refractivity contribution in [2.75, 3.05) is 25.1 Å². The highest BCUT2D eigenvalue weighted by molar-refractivity contribution is 5.92. The molecule has 3 N–H and O–H groups in total. The standard InChI is InChI=1S/C15H23N3O2/c1-11-8-12(2)10-13(9-11)18-14(16)17-5-4-15(3)19-6-7-20-15/h8-10H,4-7H2,1-3H3,(H3,16,17,18). The van der Waals surface area contributed by atoms with Crippen molar-refractivity contribution in [3.05, 3.63) is 29.3 Å². The molecule has 0 saturated carbocycles. The van der Waals surface area contributed by atoms with E-state index < -0.39 is 5.79 Å². The Kier molecular flexibility index (Phi) is 4.62. The highest BCUT2D eigenvalue weighted by Gasteiger charge is 2.30. The van der Waals surface area contributed by atoms with Gasteiger partial charge in [0.2, 0.25) is 0 Å². The van der Waals surface area contributed by atoms with Gasteiger partial charge in [0.15, 0.2) is 11.7 Å². The number of aliphatic imine (C=N–C) groups is 1. The summed E-state index contributed by atoms with van der Waals surface area (Å²) in [4.78, 5) is 4.31. The van der Waals surface area contributed by atoms with Gasteiger partial charge in [0.1, 0.15) is 0 Å². The van der Waals surface area contributed by atoms with E-state index in [4.69, 9.17) is 15.2 Å². The normalized spacial score (nSPS) is 18.2. The first-order valence-corrected chi connectivity index (χ1v) is 6.90. The molecule has 0 aliphatic carbocycles. The number of aryl methyl sites for hydroxylation is 2. The van der Waals surface area contributed by atoms with E-state index in [9.17, 15) is 0 Å². The molecule has 5 heteroatoms. The lowest BCUT2D eigenvalue weighted by Gasteiger charge is -2.20. The summed E-state index contributed by atoms with van der Waals surface area (Å²) in [5, 5.41) is 3.11. The predicted molar refractivity (Wildman–Crippen MR) is 81.0 cm³/mol. The second-order valence-electron chi connectivity index (χ2n) is 5.35. The van der Waals surface area contributed by atoms with Crippen LogP contribution in [-0.2, 0) is 9.47 Å². The van der Waals surface area contributed by atoms with E-state index in [1.165, 1.54) is 11.1 Å². The monoisotopic (exact) mass is 277 g/mol. The average Bonchev–Trinajstić information content (AvgIpc) is 2.74. The van der Waals surface area contributed by atoms with Crippen molar-refractivity contribution < 1.29 is 9.47 Å². The Balaban J connectivity index is 1.87. The summed E-state index contributed by atoms with van der Waals surface area (Å²) in [6.07, 6.45) is 0.697. The SMILES string of the molecule is Cc1cc(C)cc(NC(N)=NCCC2(C)OCCO2)c1. The van der Waals surface area contributed by atoms with E-state index >= 15 is 0 Å². The molecule has 0 aromatic heterocycles. The summed E-state index contributed by atoms with van der Waals surface area (Å²) >= 11 is 0. The smallest absolute Gasteiger partial charge is 0.193 e. The van der Waals surface area contributed by atoms with E-state index in [0.717, 1.165) is 5.69 Å². The summed E-state index contributed by atoms with van der Waals surface area (Å²) in [5.41, 5.74) is 9.24. The van der Waals surface area contributed by atoms with Gasteiger partial charge in [-0.05, 0) is 44.0 Å². The minimum absolute atomic E-state index is 0.414. The van der Waals surface area contributed by atoms with Gasteiger partial charge in [-0.3, -0.25) is 4.99 Å². The molecule has 1 aliphatic rings. The second-order valence-corrected chi connectivity index (χ2v) is 5.35. The third-order valence-corrected chi connectivity index (χ3v) is 3.24. The fraction of sp³-hybridized carbons (Fsp3) is 0.533. The van der Waals surface area contributed by atoms with Gasteiger partial charge in [-0.15, -0.1) is 0 Å². The number of ether oxygens (including phenoxy) is 2. The number of benzene rings is 1. The quantitative estimate of drug-likeness (QED) is 0.654. The predicted octanol–water partition coefficient (Wildman–Crippen LogP) is 2.18. The third kappa shape index (κ3) is 4.21. The number of nitrogens with two attached hydrogens (primary N) is 1. The number of anilines is 1. The molecule has 0 bridgehead atoms. The summed E-state index contributed by atoms with van der Waals surface area (Å²) in [5.74, 6) is -0.0967. The molecule has 5 nitrogen and oxygen atoms in total. The van der Waals surface area contributed by atoms with Crippen molar-refractivity contribution in [3.8, 4) is 0 Å². The first-order valence-electron chi connectivity index (χ1n) is 6.90. The molecular weight excluding hydrogens is 254 g/mol. The van der Waals surface area contributed by atoms with E-state index in [-0.39, 0.29) is 0 Å². The van der Waals surface area contributed by atoms with Crippen LogP contribution < -0.4 is 11.1 Å². The van der Waals surface area contributed by atoms with E-state index in [0.29, 0.717) is 32.1 Å². The van der Waals surface area contributed by atoms with Crippen LogP contribution in [-0.4, -0.2) is 31.5 Å². The number of guanidine groups is 1. The molecule has 1 aromatic rings. The van der Waals surface area contributed by atoms with Crippen molar-refractivity contribution in [1.82, 2.24) is 0 Å². The molecular formula is C15H23N3O2. The summed E-state index contributed by atoms with van der Waals surface area (Å²) in [7, 11) is 0. The van der Waals surface area contributed by atoms with Crippen LogP contribution in [0.15, 0.2) is 23.2 Å². The van der Waals surface area contributed by atoms with Crippen LogP contribution in [0, 0.1) is 13.8 Å². The van der Waals surface area contributed by atoms with Gasteiger partial charge in [-0.2, -0.15) is 0 Å². The minimum Gasteiger partial charge on any atom is -0.370 e. The maximum atomic E-state index is 5.89. The van der Waals surface area contributed by atoms with Crippen LogP contribution in [0.25, 0.3) is 0 Å². The topological polar surface area (TPSA) is 68.9 Å².